The van der Waals surface area contributed by atoms with Crippen LogP contribution in [0.25, 0.3) is 0 Å². The molecule has 20 heavy (non-hydrogen) atoms. The highest BCUT2D eigenvalue weighted by Crippen LogP contribution is 2.26. The van der Waals surface area contributed by atoms with E-state index >= 15 is 0 Å². The van der Waals surface area contributed by atoms with Crippen molar-refractivity contribution < 1.29 is 9.66 Å². The van der Waals surface area contributed by atoms with Gasteiger partial charge in [0.15, 0.2) is 0 Å². The van der Waals surface area contributed by atoms with Crippen molar-refractivity contribution in [3.8, 4) is 11.8 Å². The molecule has 0 N–H and O–H groups in total. The fourth-order valence-electron chi connectivity index (χ4n) is 1.71. The number of nitriles is 1. The molecule has 2 aromatic carbocycles. The maximum Gasteiger partial charge on any atom is 0.287 e. The number of nitro benzene ring substituents is 1. The van der Waals surface area contributed by atoms with Crippen molar-refractivity contribution in [2.45, 2.75) is 6.61 Å². The number of para-hydroxylation sites is 1. The fraction of sp³-hybridized carbons (Fsp3) is 0.0714. The molecule has 0 atom stereocenters. The van der Waals surface area contributed by atoms with E-state index in [0.717, 1.165) is 0 Å². The molecule has 0 heterocycles. The third-order valence-electron chi connectivity index (χ3n) is 2.66. The van der Waals surface area contributed by atoms with E-state index in [1.165, 1.54) is 12.1 Å². The second-order valence-electron chi connectivity index (χ2n) is 3.90. The highest BCUT2D eigenvalue weighted by Gasteiger charge is 2.17. The molecule has 100 valence electrons. The minimum Gasteiger partial charge on any atom is -0.487 e. The maximum atomic E-state index is 10.9. The first-order valence-corrected chi connectivity index (χ1v) is 6.05. The Kier molecular flexibility index (Phi) is 4.18. The van der Waals surface area contributed by atoms with Crippen molar-refractivity contribution in [1.29, 1.82) is 5.26 Å². The van der Waals surface area contributed by atoms with Crippen LogP contribution in [-0.2, 0) is 6.61 Å². The van der Waals surface area contributed by atoms with Gasteiger partial charge in [-0.1, -0.05) is 35.9 Å². The summed E-state index contributed by atoms with van der Waals surface area (Å²) in [5.41, 5.74) is 0.221. The van der Waals surface area contributed by atoms with Gasteiger partial charge >= 0.3 is 0 Å². The van der Waals surface area contributed by atoms with Crippen LogP contribution in [0.1, 0.15) is 11.1 Å². The molecule has 0 saturated heterocycles. The Hall–Kier alpha value is -2.58. The van der Waals surface area contributed by atoms with Gasteiger partial charge in [-0.2, -0.15) is 5.26 Å². The van der Waals surface area contributed by atoms with Gasteiger partial charge in [0.25, 0.3) is 5.69 Å². The van der Waals surface area contributed by atoms with Gasteiger partial charge in [0.1, 0.15) is 24.0 Å². The molecule has 0 aromatic heterocycles. The van der Waals surface area contributed by atoms with Crippen LogP contribution in [0.3, 0.4) is 0 Å². The second kappa shape index (κ2) is 6.04. The molecular formula is C14H9ClN2O3. The van der Waals surface area contributed by atoms with Crippen LogP contribution in [0, 0.1) is 21.4 Å². The van der Waals surface area contributed by atoms with E-state index in [2.05, 4.69) is 0 Å². The molecule has 2 rings (SSSR count). The Morgan fingerprint density at radius 2 is 2.00 bits per heavy atom. The van der Waals surface area contributed by atoms with Crippen LogP contribution in [0.2, 0.25) is 5.02 Å². The molecule has 0 aliphatic carbocycles. The molecule has 0 unspecified atom stereocenters. The Morgan fingerprint density at radius 3 is 2.65 bits per heavy atom. The number of nitrogens with zero attached hydrogens (tertiary/aromatic N) is 2. The molecule has 6 heteroatoms. The van der Waals surface area contributed by atoms with Crippen LogP contribution in [0.4, 0.5) is 5.69 Å². The topological polar surface area (TPSA) is 76.2 Å². The van der Waals surface area contributed by atoms with Crippen molar-refractivity contribution in [2.24, 2.45) is 0 Å². The molecule has 0 amide bonds. The molecule has 0 saturated carbocycles. The molecule has 0 aliphatic heterocycles. The van der Waals surface area contributed by atoms with Crippen molar-refractivity contribution >= 4 is 17.3 Å². The molecule has 2 aromatic rings. The lowest BCUT2D eigenvalue weighted by Crippen LogP contribution is -2.01. The van der Waals surface area contributed by atoms with Crippen LogP contribution in [-0.4, -0.2) is 4.92 Å². The lowest BCUT2D eigenvalue weighted by atomic mass is 10.1. The van der Waals surface area contributed by atoms with Crippen LogP contribution in [0.5, 0.6) is 5.75 Å². The quantitative estimate of drug-likeness (QED) is 0.635. The maximum absolute atomic E-state index is 10.9. The first kappa shape index (κ1) is 13.8. The molecular weight excluding hydrogens is 280 g/mol. The van der Waals surface area contributed by atoms with Gasteiger partial charge in [-0.05, 0) is 12.1 Å². The van der Waals surface area contributed by atoms with Gasteiger partial charge in [0.2, 0.25) is 0 Å². The van der Waals surface area contributed by atoms with Gasteiger partial charge in [-0.3, -0.25) is 10.1 Å². The van der Waals surface area contributed by atoms with Crippen molar-refractivity contribution in [1.82, 2.24) is 0 Å². The van der Waals surface area contributed by atoms with E-state index in [0.29, 0.717) is 16.3 Å². The van der Waals surface area contributed by atoms with Crippen molar-refractivity contribution in [3.05, 3.63) is 68.7 Å². The van der Waals surface area contributed by atoms with E-state index in [1.807, 2.05) is 6.07 Å². The normalized spacial score (nSPS) is 9.80. The van der Waals surface area contributed by atoms with Gasteiger partial charge < -0.3 is 4.74 Å². The monoisotopic (exact) mass is 288 g/mol. The number of hydrogen-bond donors (Lipinski definition) is 0. The summed E-state index contributed by atoms with van der Waals surface area (Å²) in [6.07, 6.45) is 0. The first-order chi connectivity index (χ1) is 9.63. The average Bonchev–Trinajstić information content (AvgIpc) is 2.45. The SMILES string of the molecule is N#Cc1c(COc2ccccc2Cl)cccc1[N+](=O)[O-]. The average molecular weight is 289 g/mol. The Bertz CT molecular complexity index is 695. The van der Waals surface area contributed by atoms with Gasteiger partial charge in [0, 0.05) is 11.6 Å². The Balaban J connectivity index is 2.27. The molecule has 0 bridgehead atoms. The van der Waals surface area contributed by atoms with Gasteiger partial charge in [0.05, 0.1) is 9.95 Å². The smallest absolute Gasteiger partial charge is 0.287 e. The molecule has 0 spiro atoms. The lowest BCUT2D eigenvalue weighted by molar-refractivity contribution is -0.385. The van der Waals surface area contributed by atoms with E-state index < -0.39 is 4.92 Å². The third kappa shape index (κ3) is 2.87. The largest absolute Gasteiger partial charge is 0.487 e. The number of ether oxygens (including phenoxy) is 1. The summed E-state index contributed by atoms with van der Waals surface area (Å²) < 4.78 is 5.49. The van der Waals surface area contributed by atoms with Crippen LogP contribution >= 0.6 is 11.6 Å². The Labute approximate surface area is 120 Å². The summed E-state index contributed by atoms with van der Waals surface area (Å²) in [4.78, 5) is 10.3. The zero-order chi connectivity index (χ0) is 14.5. The predicted octanol–water partition coefficient (Wildman–Crippen LogP) is 3.70. The molecule has 0 fully saturated rings. The van der Waals surface area contributed by atoms with Crippen LogP contribution in [0.15, 0.2) is 42.5 Å². The summed E-state index contributed by atoms with van der Waals surface area (Å²) in [7, 11) is 0. The van der Waals surface area contributed by atoms with Crippen molar-refractivity contribution in [2.75, 3.05) is 0 Å². The number of benzene rings is 2. The summed E-state index contributed by atoms with van der Waals surface area (Å²) in [5, 5.41) is 20.4. The fourth-order valence-corrected chi connectivity index (χ4v) is 1.90. The number of hydrogen-bond acceptors (Lipinski definition) is 4. The van der Waals surface area contributed by atoms with E-state index in [9.17, 15) is 10.1 Å². The van der Waals surface area contributed by atoms with Crippen molar-refractivity contribution in [3.63, 3.8) is 0 Å². The molecule has 0 radical (unpaired) electrons. The number of rotatable bonds is 4. The van der Waals surface area contributed by atoms with Gasteiger partial charge in [-0.25, -0.2) is 0 Å². The minimum atomic E-state index is -0.586. The first-order valence-electron chi connectivity index (χ1n) is 5.67. The predicted molar refractivity (Wildman–Crippen MR) is 73.6 cm³/mol. The molecule has 0 aliphatic rings. The number of halogens is 1. The van der Waals surface area contributed by atoms with Crippen LogP contribution < -0.4 is 4.74 Å². The zero-order valence-corrected chi connectivity index (χ0v) is 11.0. The lowest BCUT2D eigenvalue weighted by Gasteiger charge is -2.09. The third-order valence-corrected chi connectivity index (χ3v) is 2.97. The van der Waals surface area contributed by atoms with Gasteiger partial charge in [-0.15, -0.1) is 0 Å². The standard InChI is InChI=1S/C14H9ClN2O3/c15-12-5-1-2-7-14(12)20-9-10-4-3-6-13(17(18)19)11(10)8-16/h1-7H,9H2. The van der Waals surface area contributed by atoms with E-state index in [-0.39, 0.29) is 17.9 Å². The van der Waals surface area contributed by atoms with E-state index in [4.69, 9.17) is 21.6 Å². The second-order valence-corrected chi connectivity index (χ2v) is 4.31. The molecule has 5 nitrogen and oxygen atoms in total. The summed E-state index contributed by atoms with van der Waals surface area (Å²) in [5.74, 6) is 0.463. The highest BCUT2D eigenvalue weighted by molar-refractivity contribution is 6.32. The summed E-state index contributed by atoms with van der Waals surface area (Å²) in [6, 6.07) is 13.2. The summed E-state index contributed by atoms with van der Waals surface area (Å²) in [6.45, 7) is 0.0360. The summed E-state index contributed by atoms with van der Waals surface area (Å²) >= 11 is 5.95. The number of nitro groups is 1. The van der Waals surface area contributed by atoms with E-state index in [1.54, 1.807) is 30.3 Å². The minimum absolute atomic E-state index is 0.00422. The highest BCUT2D eigenvalue weighted by atomic mass is 35.5. The Morgan fingerprint density at radius 1 is 1.25 bits per heavy atom. The zero-order valence-electron chi connectivity index (χ0n) is 10.2.